The maximum atomic E-state index is 12.4. The highest BCUT2D eigenvalue weighted by Crippen LogP contribution is 2.18. The molecule has 122 valence electrons. The van der Waals surface area contributed by atoms with Gasteiger partial charge >= 0.3 is 0 Å². The van der Waals surface area contributed by atoms with Gasteiger partial charge in [-0.15, -0.1) is 0 Å². The Morgan fingerprint density at radius 2 is 1.81 bits per heavy atom. The maximum Gasteiger partial charge on any atom is 0.245 e. The van der Waals surface area contributed by atoms with Gasteiger partial charge in [0, 0.05) is 12.3 Å². The summed E-state index contributed by atoms with van der Waals surface area (Å²) in [6.45, 7) is 7.44. The number of rotatable bonds is 7. The van der Waals surface area contributed by atoms with E-state index in [1.54, 1.807) is 6.92 Å². The van der Waals surface area contributed by atoms with Crippen molar-refractivity contribution in [3.63, 3.8) is 0 Å². The van der Waals surface area contributed by atoms with E-state index in [1.165, 1.54) is 4.90 Å². The topological polar surface area (TPSA) is 83.6 Å². The van der Waals surface area contributed by atoms with E-state index < -0.39 is 21.9 Å². The first-order chi connectivity index (χ1) is 9.73. The van der Waals surface area contributed by atoms with Crippen LogP contribution in [0.25, 0.3) is 0 Å². The Bertz CT molecular complexity index is 487. The monoisotopic (exact) mass is 318 g/mol. The molecular formula is C14H26N2O4S. The van der Waals surface area contributed by atoms with Gasteiger partial charge in [-0.2, -0.15) is 0 Å². The molecule has 1 N–H and O–H groups in total. The highest BCUT2D eigenvalue weighted by molar-refractivity contribution is 7.91. The molecular weight excluding hydrogens is 292 g/mol. The van der Waals surface area contributed by atoms with E-state index in [4.69, 9.17) is 0 Å². The SMILES string of the molecule is CCCS(=O)(=O)CCN1C(=O)C(CC)NC(=O)C1C(C)C. The van der Waals surface area contributed by atoms with Crippen LogP contribution in [0.15, 0.2) is 0 Å². The van der Waals surface area contributed by atoms with Crippen molar-refractivity contribution in [3.05, 3.63) is 0 Å². The fourth-order valence-electron chi connectivity index (χ4n) is 2.64. The van der Waals surface area contributed by atoms with Crippen molar-refractivity contribution in [1.29, 1.82) is 0 Å². The minimum Gasteiger partial charge on any atom is -0.343 e. The molecule has 0 aliphatic carbocycles. The summed E-state index contributed by atoms with van der Waals surface area (Å²) >= 11 is 0. The molecule has 2 amide bonds. The van der Waals surface area contributed by atoms with Gasteiger partial charge in [0.15, 0.2) is 9.84 Å². The van der Waals surface area contributed by atoms with Gasteiger partial charge in [-0.1, -0.05) is 27.7 Å². The molecule has 21 heavy (non-hydrogen) atoms. The zero-order valence-electron chi connectivity index (χ0n) is 13.3. The van der Waals surface area contributed by atoms with E-state index in [-0.39, 0.29) is 35.8 Å². The van der Waals surface area contributed by atoms with Crippen LogP contribution in [0.4, 0.5) is 0 Å². The Morgan fingerprint density at radius 1 is 1.19 bits per heavy atom. The Labute approximate surface area is 127 Å². The lowest BCUT2D eigenvalue weighted by atomic mass is 9.96. The number of piperazine rings is 1. The number of hydrogen-bond acceptors (Lipinski definition) is 4. The molecule has 0 spiro atoms. The van der Waals surface area contributed by atoms with E-state index in [0.717, 1.165) is 0 Å². The van der Waals surface area contributed by atoms with Gasteiger partial charge in [0.25, 0.3) is 0 Å². The average Bonchev–Trinajstić information content (AvgIpc) is 2.38. The van der Waals surface area contributed by atoms with Crippen molar-refractivity contribution in [1.82, 2.24) is 10.2 Å². The Kier molecular flexibility index (Phi) is 6.19. The number of carbonyl (C=O) groups is 2. The minimum atomic E-state index is -3.17. The fourth-order valence-corrected chi connectivity index (χ4v) is 3.94. The van der Waals surface area contributed by atoms with Crippen LogP contribution >= 0.6 is 0 Å². The van der Waals surface area contributed by atoms with Crippen LogP contribution in [0.3, 0.4) is 0 Å². The molecule has 1 fully saturated rings. The third-order valence-electron chi connectivity index (χ3n) is 3.70. The molecule has 1 aliphatic rings. The summed E-state index contributed by atoms with van der Waals surface area (Å²) in [6, 6.07) is -1.13. The zero-order valence-corrected chi connectivity index (χ0v) is 14.1. The summed E-state index contributed by atoms with van der Waals surface area (Å²) in [4.78, 5) is 26.0. The normalized spacial score (nSPS) is 23.6. The lowest BCUT2D eigenvalue weighted by molar-refractivity contribution is -0.150. The molecule has 1 aliphatic heterocycles. The van der Waals surface area contributed by atoms with Crippen LogP contribution in [0.5, 0.6) is 0 Å². The van der Waals surface area contributed by atoms with Crippen LogP contribution < -0.4 is 5.32 Å². The van der Waals surface area contributed by atoms with Crippen molar-refractivity contribution >= 4 is 21.7 Å². The molecule has 1 heterocycles. The third kappa shape index (κ3) is 4.43. The van der Waals surface area contributed by atoms with Crippen molar-refractivity contribution < 1.29 is 18.0 Å². The molecule has 0 bridgehead atoms. The second-order valence-corrected chi connectivity index (χ2v) is 8.15. The summed E-state index contributed by atoms with van der Waals surface area (Å²) < 4.78 is 23.7. The second-order valence-electron chi connectivity index (χ2n) is 5.84. The van der Waals surface area contributed by atoms with Gasteiger partial charge in [-0.25, -0.2) is 8.42 Å². The Morgan fingerprint density at radius 3 is 2.29 bits per heavy atom. The average molecular weight is 318 g/mol. The smallest absolute Gasteiger partial charge is 0.245 e. The molecule has 2 unspecified atom stereocenters. The molecule has 7 heteroatoms. The number of sulfone groups is 1. The van der Waals surface area contributed by atoms with Crippen LogP contribution in [0, 0.1) is 5.92 Å². The van der Waals surface area contributed by atoms with Crippen molar-refractivity contribution in [3.8, 4) is 0 Å². The predicted molar refractivity (Wildman–Crippen MR) is 81.5 cm³/mol. The number of amides is 2. The van der Waals surface area contributed by atoms with Crippen LogP contribution in [-0.2, 0) is 19.4 Å². The summed E-state index contributed by atoms with van der Waals surface area (Å²) in [5, 5.41) is 2.72. The Balaban J connectivity index is 2.91. The van der Waals surface area contributed by atoms with E-state index in [9.17, 15) is 18.0 Å². The van der Waals surface area contributed by atoms with Gasteiger partial charge in [0.2, 0.25) is 11.8 Å². The van der Waals surface area contributed by atoms with Gasteiger partial charge < -0.3 is 10.2 Å². The van der Waals surface area contributed by atoms with Gasteiger partial charge in [-0.05, 0) is 18.8 Å². The van der Waals surface area contributed by atoms with Crippen LogP contribution in [-0.4, -0.2) is 55.3 Å². The molecule has 0 aromatic heterocycles. The summed E-state index contributed by atoms with van der Waals surface area (Å²) in [7, 11) is -3.17. The third-order valence-corrected chi connectivity index (χ3v) is 5.53. The molecule has 0 aromatic rings. The molecule has 1 rings (SSSR count). The standard InChI is InChI=1S/C14H26N2O4S/c1-5-8-21(19,20)9-7-16-12(10(3)4)13(17)15-11(6-2)14(16)18/h10-12H,5-9H2,1-4H3,(H,15,17). The second kappa shape index (κ2) is 7.24. The first-order valence-corrected chi connectivity index (χ1v) is 9.36. The van der Waals surface area contributed by atoms with Crippen molar-refractivity contribution in [2.75, 3.05) is 18.1 Å². The number of hydrogen-bond donors (Lipinski definition) is 1. The first kappa shape index (κ1) is 17.9. The fraction of sp³-hybridized carbons (Fsp3) is 0.857. The van der Waals surface area contributed by atoms with E-state index in [1.807, 2.05) is 20.8 Å². The Hall–Kier alpha value is -1.11. The molecule has 0 radical (unpaired) electrons. The quantitative estimate of drug-likeness (QED) is 0.744. The molecule has 1 saturated heterocycles. The van der Waals surface area contributed by atoms with Crippen molar-refractivity contribution in [2.45, 2.75) is 52.6 Å². The van der Waals surface area contributed by atoms with Crippen LogP contribution in [0.2, 0.25) is 0 Å². The van der Waals surface area contributed by atoms with Crippen LogP contribution in [0.1, 0.15) is 40.5 Å². The van der Waals surface area contributed by atoms with Gasteiger partial charge in [0.1, 0.15) is 12.1 Å². The number of carbonyl (C=O) groups excluding carboxylic acids is 2. The van der Waals surface area contributed by atoms with E-state index in [2.05, 4.69) is 5.32 Å². The molecule has 2 atom stereocenters. The summed E-state index contributed by atoms with van der Waals surface area (Å²) in [5.74, 6) is -0.392. The molecule has 6 nitrogen and oxygen atoms in total. The minimum absolute atomic E-state index is 0.0550. The first-order valence-electron chi connectivity index (χ1n) is 7.54. The molecule has 0 saturated carbocycles. The zero-order chi connectivity index (χ0) is 16.2. The van der Waals surface area contributed by atoms with Gasteiger partial charge in [-0.3, -0.25) is 9.59 Å². The maximum absolute atomic E-state index is 12.4. The number of nitrogens with one attached hydrogen (secondary N) is 1. The van der Waals surface area contributed by atoms with E-state index in [0.29, 0.717) is 12.8 Å². The van der Waals surface area contributed by atoms with E-state index >= 15 is 0 Å². The predicted octanol–water partition coefficient (Wildman–Crippen LogP) is 0.573. The van der Waals surface area contributed by atoms with Gasteiger partial charge in [0.05, 0.1) is 5.75 Å². The molecule has 0 aromatic carbocycles. The highest BCUT2D eigenvalue weighted by atomic mass is 32.2. The van der Waals surface area contributed by atoms with Crippen molar-refractivity contribution in [2.24, 2.45) is 5.92 Å². The number of nitrogens with zero attached hydrogens (tertiary/aromatic N) is 1. The largest absolute Gasteiger partial charge is 0.343 e. The lowest BCUT2D eigenvalue weighted by Gasteiger charge is -2.40. The lowest BCUT2D eigenvalue weighted by Crippen LogP contribution is -2.65. The summed E-state index contributed by atoms with van der Waals surface area (Å²) in [6.07, 6.45) is 1.07. The highest BCUT2D eigenvalue weighted by Gasteiger charge is 2.41. The summed E-state index contributed by atoms with van der Waals surface area (Å²) in [5.41, 5.74) is 0.